The summed E-state index contributed by atoms with van der Waals surface area (Å²) in [6, 6.07) is 0. The van der Waals surface area contributed by atoms with E-state index in [1.54, 1.807) is 0 Å². The van der Waals surface area contributed by atoms with Crippen molar-refractivity contribution in [2.24, 2.45) is 0 Å². The molecule has 1 N–H and O–H groups in total. The van der Waals surface area contributed by atoms with Crippen molar-refractivity contribution in [3.8, 4) is 0 Å². The van der Waals surface area contributed by atoms with Crippen molar-refractivity contribution in [3.63, 3.8) is 0 Å². The Labute approximate surface area is 128 Å². The third-order valence-electron chi connectivity index (χ3n) is 3.85. The summed E-state index contributed by atoms with van der Waals surface area (Å²) in [6.45, 7) is 10.3. The predicted molar refractivity (Wildman–Crippen MR) is 92.0 cm³/mol. The van der Waals surface area contributed by atoms with Crippen molar-refractivity contribution in [2.75, 3.05) is 19.6 Å². The van der Waals surface area contributed by atoms with E-state index in [2.05, 4.69) is 31.2 Å². The molecule has 0 saturated heterocycles. The molecule has 0 aliphatic carbocycles. The molecule has 2 nitrogen and oxygen atoms in total. The second-order valence-corrected chi connectivity index (χ2v) is 6.08. The molecule has 0 aromatic heterocycles. The molecule has 0 aromatic carbocycles. The molecule has 0 radical (unpaired) electrons. The Bertz CT molecular complexity index is 165. The zero-order valence-electron chi connectivity index (χ0n) is 14.6. The molecule has 0 unspecified atom stereocenters. The van der Waals surface area contributed by atoms with Crippen LogP contribution in [0.25, 0.3) is 0 Å². The quantitative estimate of drug-likeness (QED) is 0.296. The van der Waals surface area contributed by atoms with Crippen molar-refractivity contribution in [3.05, 3.63) is 0 Å². The molecule has 0 aromatic rings. The van der Waals surface area contributed by atoms with Gasteiger partial charge in [-0.15, -0.1) is 0 Å². The first-order valence-electron chi connectivity index (χ1n) is 9.33. The van der Waals surface area contributed by atoms with Crippen molar-refractivity contribution in [2.45, 2.75) is 97.8 Å². The Balaban J connectivity index is 3.18. The Hall–Kier alpha value is -0.0800. The molecule has 122 valence electrons. The van der Waals surface area contributed by atoms with Crippen LogP contribution in [-0.4, -0.2) is 24.6 Å². The van der Waals surface area contributed by atoms with Crippen LogP contribution in [0.1, 0.15) is 97.8 Å². The zero-order valence-corrected chi connectivity index (χ0v) is 14.6. The molecule has 0 spiro atoms. The maximum absolute atomic E-state index is 3.58. The predicted octanol–water partition coefficient (Wildman–Crippen LogP) is 5.53. The highest BCUT2D eigenvalue weighted by atomic mass is 15.5. The lowest BCUT2D eigenvalue weighted by molar-refractivity contribution is 0.186. The molecule has 0 amide bonds. The monoisotopic (exact) mass is 284 g/mol. The van der Waals surface area contributed by atoms with E-state index in [4.69, 9.17) is 0 Å². The van der Waals surface area contributed by atoms with E-state index < -0.39 is 0 Å². The highest BCUT2D eigenvalue weighted by Gasteiger charge is 2.00. The third kappa shape index (κ3) is 14.3. The van der Waals surface area contributed by atoms with Crippen LogP contribution in [0, 0.1) is 0 Å². The summed E-state index contributed by atoms with van der Waals surface area (Å²) in [6.07, 6.45) is 16.7. The van der Waals surface area contributed by atoms with Crippen molar-refractivity contribution in [1.82, 2.24) is 10.4 Å². The lowest BCUT2D eigenvalue weighted by Crippen LogP contribution is -2.39. The van der Waals surface area contributed by atoms with Gasteiger partial charge >= 0.3 is 0 Å². The van der Waals surface area contributed by atoms with E-state index in [-0.39, 0.29) is 0 Å². The highest BCUT2D eigenvalue weighted by Crippen LogP contribution is 2.10. The smallest absolute Gasteiger partial charge is 0.0128 e. The Morgan fingerprint density at radius 2 is 1.00 bits per heavy atom. The first-order valence-corrected chi connectivity index (χ1v) is 9.33. The summed E-state index contributed by atoms with van der Waals surface area (Å²) in [7, 11) is 0. The number of rotatable bonds is 16. The van der Waals surface area contributed by atoms with E-state index in [0.717, 1.165) is 6.54 Å². The molecule has 0 rings (SSSR count). The second kappa shape index (κ2) is 17.0. The van der Waals surface area contributed by atoms with E-state index >= 15 is 0 Å². The van der Waals surface area contributed by atoms with E-state index in [1.165, 1.54) is 90.1 Å². The molecule has 2 heteroatoms. The molecule has 0 saturated carbocycles. The zero-order chi connectivity index (χ0) is 14.9. The lowest BCUT2D eigenvalue weighted by atomic mass is 10.1. The summed E-state index contributed by atoms with van der Waals surface area (Å²) in [5, 5.41) is 2.40. The topological polar surface area (TPSA) is 15.3 Å². The number of nitrogens with one attached hydrogen (secondary N) is 1. The van der Waals surface area contributed by atoms with Crippen LogP contribution in [0.2, 0.25) is 0 Å². The Kier molecular flexibility index (Phi) is 16.9. The number of hydrazine groups is 1. The minimum Gasteiger partial charge on any atom is -0.255 e. The van der Waals surface area contributed by atoms with Crippen molar-refractivity contribution >= 4 is 0 Å². The minimum atomic E-state index is 1.16. The fourth-order valence-electron chi connectivity index (χ4n) is 2.66. The molecular formula is C18H40N2. The maximum atomic E-state index is 3.58. The van der Waals surface area contributed by atoms with Gasteiger partial charge in [0.15, 0.2) is 0 Å². The SMILES string of the molecule is CCCCCCCCCCCCNN(CCC)CCC. The fourth-order valence-corrected chi connectivity index (χ4v) is 2.66. The minimum absolute atomic E-state index is 1.16. The first kappa shape index (κ1) is 19.9. The summed E-state index contributed by atoms with van der Waals surface area (Å²) >= 11 is 0. The summed E-state index contributed by atoms with van der Waals surface area (Å²) < 4.78 is 0. The first-order chi connectivity index (χ1) is 9.85. The van der Waals surface area contributed by atoms with Gasteiger partial charge in [0.25, 0.3) is 0 Å². The highest BCUT2D eigenvalue weighted by molar-refractivity contribution is 4.52. The van der Waals surface area contributed by atoms with E-state index in [9.17, 15) is 0 Å². The number of hydrogen-bond acceptors (Lipinski definition) is 2. The molecule has 0 aliphatic rings. The van der Waals surface area contributed by atoms with Crippen molar-refractivity contribution in [1.29, 1.82) is 0 Å². The molecule has 20 heavy (non-hydrogen) atoms. The number of hydrogen-bond donors (Lipinski definition) is 1. The van der Waals surface area contributed by atoms with Crippen LogP contribution in [0.15, 0.2) is 0 Å². The third-order valence-corrected chi connectivity index (χ3v) is 3.85. The molecule has 0 bridgehead atoms. The molecular weight excluding hydrogens is 244 g/mol. The summed E-state index contributed by atoms with van der Waals surface area (Å²) in [5.41, 5.74) is 3.58. The average Bonchev–Trinajstić information content (AvgIpc) is 2.45. The van der Waals surface area contributed by atoms with Crippen molar-refractivity contribution < 1.29 is 0 Å². The summed E-state index contributed by atoms with van der Waals surface area (Å²) in [5.74, 6) is 0. The van der Waals surface area contributed by atoms with Gasteiger partial charge < -0.3 is 0 Å². The molecule has 0 fully saturated rings. The van der Waals surface area contributed by atoms with Gasteiger partial charge in [0.05, 0.1) is 0 Å². The molecule has 0 aliphatic heterocycles. The van der Waals surface area contributed by atoms with Gasteiger partial charge in [-0.05, 0) is 19.3 Å². The van der Waals surface area contributed by atoms with E-state index in [0.29, 0.717) is 0 Å². The number of unbranched alkanes of at least 4 members (excludes halogenated alkanes) is 9. The average molecular weight is 285 g/mol. The van der Waals surface area contributed by atoms with Crippen LogP contribution < -0.4 is 5.43 Å². The standard InChI is InChI=1S/C18H40N2/c1-4-7-8-9-10-11-12-13-14-15-16-19-20(17-5-2)18-6-3/h19H,4-18H2,1-3H3. The van der Waals surface area contributed by atoms with Gasteiger partial charge in [-0.25, -0.2) is 5.01 Å². The normalized spacial score (nSPS) is 11.4. The van der Waals surface area contributed by atoms with Gasteiger partial charge in [0.1, 0.15) is 0 Å². The molecule has 0 atom stereocenters. The fraction of sp³-hybridized carbons (Fsp3) is 1.00. The number of nitrogens with zero attached hydrogens (tertiary/aromatic N) is 1. The van der Waals surface area contributed by atoms with Gasteiger partial charge in [0.2, 0.25) is 0 Å². The van der Waals surface area contributed by atoms with Crippen LogP contribution in [-0.2, 0) is 0 Å². The van der Waals surface area contributed by atoms with Gasteiger partial charge in [0, 0.05) is 19.6 Å². The van der Waals surface area contributed by atoms with Crippen LogP contribution in [0.3, 0.4) is 0 Å². The Morgan fingerprint density at radius 3 is 1.45 bits per heavy atom. The second-order valence-electron chi connectivity index (χ2n) is 6.08. The lowest BCUT2D eigenvalue weighted by Gasteiger charge is -2.22. The van der Waals surface area contributed by atoms with Gasteiger partial charge in [-0.2, -0.15) is 0 Å². The van der Waals surface area contributed by atoms with Gasteiger partial charge in [-0.3, -0.25) is 5.43 Å². The Morgan fingerprint density at radius 1 is 0.550 bits per heavy atom. The van der Waals surface area contributed by atoms with Gasteiger partial charge in [-0.1, -0.05) is 78.6 Å². The van der Waals surface area contributed by atoms with E-state index in [1.807, 2.05) is 0 Å². The molecule has 0 heterocycles. The van der Waals surface area contributed by atoms with Crippen LogP contribution in [0.5, 0.6) is 0 Å². The largest absolute Gasteiger partial charge is 0.255 e. The van der Waals surface area contributed by atoms with Crippen LogP contribution >= 0.6 is 0 Å². The van der Waals surface area contributed by atoms with Crippen LogP contribution in [0.4, 0.5) is 0 Å². The maximum Gasteiger partial charge on any atom is 0.0128 e. The summed E-state index contributed by atoms with van der Waals surface area (Å²) in [4.78, 5) is 0.